The molecule has 2 rings (SSSR count). The smallest absolute Gasteiger partial charge is 0.0795 e. The highest BCUT2D eigenvalue weighted by Crippen LogP contribution is 2.26. The SMILES string of the molecule is CC#CCN1C[C@H](O)Cc2ccccc21. The highest BCUT2D eigenvalue weighted by molar-refractivity contribution is 5.56. The maximum atomic E-state index is 9.74. The van der Waals surface area contributed by atoms with Crippen LogP contribution in [0.4, 0.5) is 5.69 Å². The second-order valence-electron chi connectivity index (χ2n) is 3.79. The van der Waals surface area contributed by atoms with Crippen LogP contribution in [0, 0.1) is 11.8 Å². The molecular formula is C13H15NO. The summed E-state index contributed by atoms with van der Waals surface area (Å²) in [6, 6.07) is 8.21. The lowest BCUT2D eigenvalue weighted by atomic mass is 10.00. The van der Waals surface area contributed by atoms with Crippen molar-refractivity contribution in [3.8, 4) is 11.8 Å². The van der Waals surface area contributed by atoms with Crippen molar-refractivity contribution in [1.29, 1.82) is 0 Å². The number of benzene rings is 1. The Morgan fingerprint density at radius 1 is 1.47 bits per heavy atom. The van der Waals surface area contributed by atoms with E-state index in [4.69, 9.17) is 0 Å². The van der Waals surface area contributed by atoms with Crippen molar-refractivity contribution in [3.05, 3.63) is 29.8 Å². The van der Waals surface area contributed by atoms with E-state index >= 15 is 0 Å². The molecule has 0 radical (unpaired) electrons. The molecule has 0 unspecified atom stereocenters. The van der Waals surface area contributed by atoms with Crippen LogP contribution in [0.25, 0.3) is 0 Å². The predicted octanol–water partition coefficient (Wildman–Crippen LogP) is 1.43. The minimum absolute atomic E-state index is 0.265. The van der Waals surface area contributed by atoms with Crippen molar-refractivity contribution in [2.45, 2.75) is 19.4 Å². The molecule has 1 aromatic rings. The van der Waals surface area contributed by atoms with Crippen molar-refractivity contribution in [2.75, 3.05) is 18.0 Å². The first kappa shape index (κ1) is 10.1. The number of fused-ring (bicyclic) bond motifs is 1. The minimum Gasteiger partial charge on any atom is -0.391 e. The summed E-state index contributed by atoms with van der Waals surface area (Å²) in [4.78, 5) is 2.14. The summed E-state index contributed by atoms with van der Waals surface area (Å²) in [6.07, 6.45) is 0.491. The molecule has 0 saturated heterocycles. The number of aliphatic hydroxyl groups is 1. The van der Waals surface area contributed by atoms with Crippen LogP contribution in [-0.4, -0.2) is 24.3 Å². The Kier molecular flexibility index (Phi) is 2.94. The summed E-state index contributed by atoms with van der Waals surface area (Å²) >= 11 is 0. The van der Waals surface area contributed by atoms with Gasteiger partial charge in [-0.2, -0.15) is 0 Å². The first-order chi connectivity index (χ1) is 7.31. The van der Waals surface area contributed by atoms with Crippen LogP contribution < -0.4 is 4.90 Å². The topological polar surface area (TPSA) is 23.5 Å². The number of nitrogens with zero attached hydrogens (tertiary/aromatic N) is 1. The zero-order chi connectivity index (χ0) is 10.7. The third-order valence-corrected chi connectivity index (χ3v) is 2.67. The molecule has 0 aliphatic carbocycles. The van der Waals surface area contributed by atoms with E-state index in [-0.39, 0.29) is 6.10 Å². The van der Waals surface area contributed by atoms with Gasteiger partial charge in [-0.1, -0.05) is 24.1 Å². The van der Waals surface area contributed by atoms with Gasteiger partial charge < -0.3 is 10.0 Å². The molecule has 0 amide bonds. The maximum absolute atomic E-state index is 9.74. The molecule has 78 valence electrons. The summed E-state index contributed by atoms with van der Waals surface area (Å²) in [5.41, 5.74) is 2.43. The Labute approximate surface area is 90.5 Å². The highest BCUT2D eigenvalue weighted by Gasteiger charge is 2.21. The first-order valence-corrected chi connectivity index (χ1v) is 5.22. The average molecular weight is 201 g/mol. The third-order valence-electron chi connectivity index (χ3n) is 2.67. The number of rotatable bonds is 1. The van der Waals surface area contributed by atoms with Gasteiger partial charge in [0.1, 0.15) is 0 Å². The summed E-state index contributed by atoms with van der Waals surface area (Å²) in [7, 11) is 0. The van der Waals surface area contributed by atoms with E-state index in [2.05, 4.69) is 28.9 Å². The van der Waals surface area contributed by atoms with E-state index in [0.29, 0.717) is 13.1 Å². The fraction of sp³-hybridized carbons (Fsp3) is 0.385. The van der Waals surface area contributed by atoms with Crippen LogP contribution in [0.5, 0.6) is 0 Å². The quantitative estimate of drug-likeness (QED) is 0.695. The first-order valence-electron chi connectivity index (χ1n) is 5.22. The van der Waals surface area contributed by atoms with Gasteiger partial charge in [-0.05, 0) is 18.6 Å². The lowest BCUT2D eigenvalue weighted by Gasteiger charge is -2.32. The van der Waals surface area contributed by atoms with Gasteiger partial charge in [0, 0.05) is 18.7 Å². The fourth-order valence-corrected chi connectivity index (χ4v) is 1.99. The van der Waals surface area contributed by atoms with Crippen molar-refractivity contribution < 1.29 is 5.11 Å². The molecule has 1 heterocycles. The monoisotopic (exact) mass is 201 g/mol. The van der Waals surface area contributed by atoms with Gasteiger partial charge in [0.2, 0.25) is 0 Å². The van der Waals surface area contributed by atoms with Gasteiger partial charge in [0.05, 0.1) is 12.6 Å². The molecular weight excluding hydrogens is 186 g/mol. The van der Waals surface area contributed by atoms with Gasteiger partial charge in [-0.3, -0.25) is 0 Å². The summed E-state index contributed by atoms with van der Waals surface area (Å²) in [6.45, 7) is 3.22. The van der Waals surface area contributed by atoms with Crippen LogP contribution in [-0.2, 0) is 6.42 Å². The number of anilines is 1. The van der Waals surface area contributed by atoms with E-state index in [1.165, 1.54) is 11.3 Å². The molecule has 2 nitrogen and oxygen atoms in total. The Morgan fingerprint density at radius 2 is 2.27 bits per heavy atom. The number of hydrogen-bond acceptors (Lipinski definition) is 2. The van der Waals surface area contributed by atoms with Crippen LogP contribution in [0.15, 0.2) is 24.3 Å². The second kappa shape index (κ2) is 4.37. The highest BCUT2D eigenvalue weighted by atomic mass is 16.3. The summed E-state index contributed by atoms with van der Waals surface area (Å²) in [5.74, 6) is 5.93. The second-order valence-corrected chi connectivity index (χ2v) is 3.79. The maximum Gasteiger partial charge on any atom is 0.0795 e. The van der Waals surface area contributed by atoms with Gasteiger partial charge in [0.25, 0.3) is 0 Å². The normalized spacial score (nSPS) is 19.1. The summed E-state index contributed by atoms with van der Waals surface area (Å²) in [5, 5.41) is 9.74. The molecule has 0 saturated carbocycles. The Balaban J connectivity index is 2.28. The molecule has 1 N–H and O–H groups in total. The zero-order valence-corrected chi connectivity index (χ0v) is 8.90. The van der Waals surface area contributed by atoms with Crippen molar-refractivity contribution in [3.63, 3.8) is 0 Å². The molecule has 2 heteroatoms. The van der Waals surface area contributed by atoms with Gasteiger partial charge in [-0.15, -0.1) is 5.92 Å². The van der Waals surface area contributed by atoms with Gasteiger partial charge in [-0.25, -0.2) is 0 Å². The van der Waals surface area contributed by atoms with E-state index in [9.17, 15) is 5.11 Å². The average Bonchev–Trinajstić information content (AvgIpc) is 2.25. The molecule has 1 aliphatic heterocycles. The number of para-hydroxylation sites is 1. The standard InChI is InChI=1S/C13H15NO/c1-2-3-8-14-10-12(15)9-11-6-4-5-7-13(11)14/h4-7,12,15H,8-10H2,1H3/t12-/m1/s1. The van der Waals surface area contributed by atoms with Crippen LogP contribution >= 0.6 is 0 Å². The summed E-state index contributed by atoms with van der Waals surface area (Å²) < 4.78 is 0. The van der Waals surface area contributed by atoms with Crippen LogP contribution in [0.1, 0.15) is 12.5 Å². The Hall–Kier alpha value is -1.46. The minimum atomic E-state index is -0.265. The van der Waals surface area contributed by atoms with E-state index in [0.717, 1.165) is 6.42 Å². The molecule has 1 atom stereocenters. The Morgan fingerprint density at radius 3 is 3.07 bits per heavy atom. The molecule has 0 fully saturated rings. The molecule has 1 aromatic carbocycles. The van der Waals surface area contributed by atoms with E-state index in [1.807, 2.05) is 19.1 Å². The lowest BCUT2D eigenvalue weighted by molar-refractivity contribution is 0.176. The zero-order valence-electron chi connectivity index (χ0n) is 8.90. The van der Waals surface area contributed by atoms with Crippen molar-refractivity contribution >= 4 is 5.69 Å². The van der Waals surface area contributed by atoms with Crippen LogP contribution in [0.3, 0.4) is 0 Å². The van der Waals surface area contributed by atoms with Crippen LogP contribution in [0.2, 0.25) is 0 Å². The largest absolute Gasteiger partial charge is 0.391 e. The number of β-amino-alcohol motifs (C(OH)–C–C–N with tert-alkyl or cyclic N) is 1. The molecule has 0 spiro atoms. The third kappa shape index (κ3) is 2.14. The number of aliphatic hydroxyl groups excluding tert-OH is 1. The van der Waals surface area contributed by atoms with Crippen molar-refractivity contribution in [2.24, 2.45) is 0 Å². The molecule has 0 aromatic heterocycles. The van der Waals surface area contributed by atoms with E-state index in [1.54, 1.807) is 0 Å². The fourth-order valence-electron chi connectivity index (χ4n) is 1.99. The lowest BCUT2D eigenvalue weighted by Crippen LogP contribution is -2.38. The number of hydrogen-bond donors (Lipinski definition) is 1. The van der Waals surface area contributed by atoms with Crippen molar-refractivity contribution in [1.82, 2.24) is 0 Å². The van der Waals surface area contributed by atoms with E-state index < -0.39 is 0 Å². The molecule has 0 bridgehead atoms. The Bertz CT molecular complexity index is 402. The van der Waals surface area contributed by atoms with Gasteiger partial charge >= 0.3 is 0 Å². The predicted molar refractivity (Wildman–Crippen MR) is 61.8 cm³/mol. The molecule has 15 heavy (non-hydrogen) atoms. The molecule has 1 aliphatic rings. The van der Waals surface area contributed by atoms with Gasteiger partial charge in [0.15, 0.2) is 0 Å².